The van der Waals surface area contributed by atoms with Gasteiger partial charge in [-0.2, -0.15) is 0 Å². The second-order valence-electron chi connectivity index (χ2n) is 4.98. The van der Waals surface area contributed by atoms with Crippen LogP contribution in [0.25, 0.3) is 10.6 Å². The minimum absolute atomic E-state index is 0.0690. The minimum Gasteiger partial charge on any atom is -0.368 e. The lowest BCUT2D eigenvalue weighted by molar-refractivity contribution is 0.619. The van der Waals surface area contributed by atoms with Crippen LogP contribution >= 0.6 is 11.3 Å². The summed E-state index contributed by atoms with van der Waals surface area (Å²) in [6, 6.07) is 0.480. The number of nitrogens with one attached hydrogen (secondary N) is 1. The van der Waals surface area contributed by atoms with Crippen molar-refractivity contribution in [2.24, 2.45) is 0 Å². The van der Waals surface area contributed by atoms with Crippen molar-refractivity contribution < 1.29 is 4.39 Å². The fraction of sp³-hybridized carbons (Fsp3) is 0.462. The normalized spacial score (nSPS) is 15.7. The van der Waals surface area contributed by atoms with Gasteiger partial charge in [0.1, 0.15) is 5.69 Å². The maximum absolute atomic E-state index is 13.8. The molecule has 0 amide bonds. The van der Waals surface area contributed by atoms with Gasteiger partial charge in [-0.25, -0.2) is 19.3 Å². The van der Waals surface area contributed by atoms with Gasteiger partial charge in [0.25, 0.3) is 0 Å². The number of aryl methyl sites for hydroxylation is 1. The van der Waals surface area contributed by atoms with Crippen LogP contribution in [0.4, 0.5) is 15.5 Å². The molecule has 0 atom stereocenters. The second-order valence-corrected chi connectivity index (χ2v) is 5.98. The van der Waals surface area contributed by atoms with Gasteiger partial charge in [0, 0.05) is 6.04 Å². The van der Waals surface area contributed by atoms with Crippen LogP contribution in [0.5, 0.6) is 0 Å². The summed E-state index contributed by atoms with van der Waals surface area (Å²) in [4.78, 5) is 12.8. The van der Waals surface area contributed by atoms with Crippen molar-refractivity contribution in [1.82, 2.24) is 15.0 Å². The van der Waals surface area contributed by atoms with Crippen LogP contribution in [0.1, 0.15) is 31.4 Å². The van der Waals surface area contributed by atoms with Crippen molar-refractivity contribution in [3.63, 3.8) is 0 Å². The number of hydrogen-bond acceptors (Lipinski definition) is 6. The van der Waals surface area contributed by atoms with Gasteiger partial charge in [-0.1, -0.05) is 24.2 Å². The van der Waals surface area contributed by atoms with Crippen molar-refractivity contribution in [3.8, 4) is 10.6 Å². The number of anilines is 2. The van der Waals surface area contributed by atoms with Crippen LogP contribution in [-0.2, 0) is 0 Å². The fourth-order valence-electron chi connectivity index (χ4n) is 2.46. The first-order valence-electron chi connectivity index (χ1n) is 6.66. The molecule has 2 aromatic rings. The highest BCUT2D eigenvalue weighted by atomic mass is 32.1. The van der Waals surface area contributed by atoms with Gasteiger partial charge < -0.3 is 11.1 Å². The van der Waals surface area contributed by atoms with Crippen molar-refractivity contribution in [1.29, 1.82) is 0 Å². The molecule has 0 aliphatic heterocycles. The maximum atomic E-state index is 13.8. The molecular weight excluding hydrogens is 277 g/mol. The van der Waals surface area contributed by atoms with E-state index in [0.29, 0.717) is 10.9 Å². The molecule has 1 aliphatic carbocycles. The van der Waals surface area contributed by atoms with Gasteiger partial charge in [0.05, 0.1) is 16.8 Å². The molecule has 2 heterocycles. The molecule has 3 N–H and O–H groups in total. The highest BCUT2D eigenvalue weighted by Crippen LogP contribution is 2.34. The first kappa shape index (κ1) is 13.2. The summed E-state index contributed by atoms with van der Waals surface area (Å²) < 4.78 is 13.8. The molecular formula is C13H16FN5S. The quantitative estimate of drug-likeness (QED) is 0.909. The van der Waals surface area contributed by atoms with E-state index in [4.69, 9.17) is 5.73 Å². The van der Waals surface area contributed by atoms with E-state index in [1.54, 1.807) is 0 Å². The number of aromatic nitrogens is 3. The monoisotopic (exact) mass is 293 g/mol. The number of nitrogen functional groups attached to an aromatic ring is 1. The van der Waals surface area contributed by atoms with Gasteiger partial charge in [-0.05, 0) is 19.8 Å². The van der Waals surface area contributed by atoms with Crippen LogP contribution in [0.3, 0.4) is 0 Å². The van der Waals surface area contributed by atoms with Crippen LogP contribution in [-0.4, -0.2) is 21.0 Å². The molecule has 7 heteroatoms. The molecule has 1 saturated carbocycles. The fourth-order valence-corrected chi connectivity index (χ4v) is 3.50. The van der Waals surface area contributed by atoms with Gasteiger partial charge in [0.15, 0.2) is 10.9 Å². The van der Waals surface area contributed by atoms with Crippen LogP contribution in [0.15, 0.2) is 6.20 Å². The van der Waals surface area contributed by atoms with E-state index in [1.165, 1.54) is 37.0 Å². The maximum Gasteiger partial charge on any atom is 0.220 e. The summed E-state index contributed by atoms with van der Waals surface area (Å²) in [5.41, 5.74) is 6.52. The third-order valence-electron chi connectivity index (χ3n) is 3.46. The smallest absolute Gasteiger partial charge is 0.220 e. The first-order chi connectivity index (χ1) is 9.63. The molecule has 0 saturated heterocycles. The Labute approximate surface area is 120 Å². The predicted molar refractivity (Wildman–Crippen MR) is 78.1 cm³/mol. The Bertz CT molecular complexity index is 621. The highest BCUT2D eigenvalue weighted by molar-refractivity contribution is 7.19. The molecule has 20 heavy (non-hydrogen) atoms. The molecule has 0 bridgehead atoms. The van der Waals surface area contributed by atoms with Crippen molar-refractivity contribution in [3.05, 3.63) is 17.7 Å². The van der Waals surface area contributed by atoms with E-state index in [9.17, 15) is 4.39 Å². The third kappa shape index (κ3) is 2.58. The van der Waals surface area contributed by atoms with Crippen LogP contribution < -0.4 is 11.1 Å². The standard InChI is InChI=1S/C13H16FN5S/c1-7-11(10-9(14)6-16-12(15)19-10)20-13(17-7)18-8-4-2-3-5-8/h6,8H,2-5H2,1H3,(H,17,18)(H2,15,16,19). The van der Waals surface area contributed by atoms with Gasteiger partial charge in [-0.3, -0.25) is 0 Å². The van der Waals surface area contributed by atoms with Crippen molar-refractivity contribution in [2.45, 2.75) is 38.6 Å². The van der Waals surface area contributed by atoms with E-state index < -0.39 is 5.82 Å². The Morgan fingerprint density at radius 3 is 2.85 bits per heavy atom. The number of rotatable bonds is 3. The topological polar surface area (TPSA) is 76.7 Å². The van der Waals surface area contributed by atoms with E-state index in [1.807, 2.05) is 6.92 Å². The Morgan fingerprint density at radius 2 is 2.10 bits per heavy atom. The van der Waals surface area contributed by atoms with Crippen LogP contribution in [0, 0.1) is 12.7 Å². The van der Waals surface area contributed by atoms with E-state index in [-0.39, 0.29) is 11.6 Å². The van der Waals surface area contributed by atoms with Gasteiger partial charge in [-0.15, -0.1) is 0 Å². The van der Waals surface area contributed by atoms with Crippen molar-refractivity contribution >= 4 is 22.4 Å². The lowest BCUT2D eigenvalue weighted by atomic mass is 10.3. The molecule has 5 nitrogen and oxygen atoms in total. The Morgan fingerprint density at radius 1 is 1.35 bits per heavy atom. The molecule has 1 aliphatic rings. The largest absolute Gasteiger partial charge is 0.368 e. The number of hydrogen-bond donors (Lipinski definition) is 2. The molecule has 0 unspecified atom stereocenters. The number of nitrogens with zero attached hydrogens (tertiary/aromatic N) is 3. The van der Waals surface area contributed by atoms with Crippen LogP contribution in [0.2, 0.25) is 0 Å². The molecule has 0 spiro atoms. The summed E-state index contributed by atoms with van der Waals surface area (Å²) in [6.07, 6.45) is 5.95. The Balaban J connectivity index is 1.90. The van der Waals surface area contributed by atoms with E-state index in [0.717, 1.165) is 17.0 Å². The summed E-state index contributed by atoms with van der Waals surface area (Å²) >= 11 is 1.41. The molecule has 0 radical (unpaired) electrons. The van der Waals surface area contributed by atoms with E-state index >= 15 is 0 Å². The highest BCUT2D eigenvalue weighted by Gasteiger charge is 2.19. The minimum atomic E-state index is -0.474. The van der Waals surface area contributed by atoms with Gasteiger partial charge in [0.2, 0.25) is 5.95 Å². The average molecular weight is 293 g/mol. The molecule has 2 aromatic heterocycles. The summed E-state index contributed by atoms with van der Waals surface area (Å²) in [5, 5.41) is 4.24. The van der Waals surface area contributed by atoms with Crippen molar-refractivity contribution in [2.75, 3.05) is 11.1 Å². The molecule has 3 rings (SSSR count). The summed E-state index contributed by atoms with van der Waals surface area (Å²) in [7, 11) is 0. The predicted octanol–water partition coefficient (Wildman–Crippen LogP) is 2.98. The molecule has 0 aromatic carbocycles. The molecule has 106 valence electrons. The number of nitrogens with two attached hydrogens (primary N) is 1. The second kappa shape index (κ2) is 5.32. The number of thiazole rings is 1. The summed E-state index contributed by atoms with van der Waals surface area (Å²) in [5.74, 6) is -0.405. The summed E-state index contributed by atoms with van der Waals surface area (Å²) in [6.45, 7) is 1.85. The SMILES string of the molecule is Cc1nc(NC2CCCC2)sc1-c1nc(N)ncc1F. The zero-order chi connectivity index (χ0) is 14.1. The zero-order valence-electron chi connectivity index (χ0n) is 11.2. The third-order valence-corrected chi connectivity index (χ3v) is 4.55. The molecule has 1 fully saturated rings. The van der Waals surface area contributed by atoms with Gasteiger partial charge >= 0.3 is 0 Å². The Hall–Kier alpha value is -1.76. The first-order valence-corrected chi connectivity index (χ1v) is 7.47. The average Bonchev–Trinajstić information content (AvgIpc) is 3.03. The Kier molecular flexibility index (Phi) is 3.52. The lowest BCUT2D eigenvalue weighted by Crippen LogP contribution is -2.13. The number of halogens is 1. The van der Waals surface area contributed by atoms with E-state index in [2.05, 4.69) is 20.3 Å². The lowest BCUT2D eigenvalue weighted by Gasteiger charge is -2.09. The zero-order valence-corrected chi connectivity index (χ0v) is 12.0.